The van der Waals surface area contributed by atoms with Crippen molar-refractivity contribution in [1.82, 2.24) is 0 Å². The predicted octanol–water partition coefficient (Wildman–Crippen LogP) is -0.464. The standard InChI is InChI=1S/C23H34O12.Ac/c1-28-11-13-16(34-22-15(25)17(29-2)14(24)18(35-22)21(26)27)19(30-3)20(23(31-4)33-13)32-10-12-8-6-5-7-9-12;/h5-9,13-20,22-25H,10-11H2,1-4H3,(H,26,27);/t13?,14-,15?,16+,17?,18+,19-,20?,22-,23-;/m0./s1. The van der Waals surface area contributed by atoms with Gasteiger partial charge in [0.05, 0.1) is 13.2 Å². The molecule has 3 rings (SSSR count). The van der Waals surface area contributed by atoms with E-state index in [1.807, 2.05) is 30.3 Å². The summed E-state index contributed by atoms with van der Waals surface area (Å²) in [6.07, 6.45) is -11.6. The van der Waals surface area contributed by atoms with Crippen LogP contribution in [0, 0.1) is 44.1 Å². The van der Waals surface area contributed by atoms with E-state index in [1.54, 1.807) is 0 Å². The first-order valence-electron chi connectivity index (χ1n) is 11.1. The Hall–Kier alpha value is -0.268. The molecule has 13 heteroatoms. The Morgan fingerprint density at radius 3 is 2.08 bits per heavy atom. The van der Waals surface area contributed by atoms with Crippen LogP contribution in [-0.4, -0.2) is 118 Å². The average molecular weight is 730 g/mol. The van der Waals surface area contributed by atoms with Crippen molar-refractivity contribution >= 4 is 5.97 Å². The smallest absolute Gasteiger partial charge is 0.335 e. The quantitative estimate of drug-likeness (QED) is 0.271. The van der Waals surface area contributed by atoms with Crippen LogP contribution in [0.15, 0.2) is 30.3 Å². The van der Waals surface area contributed by atoms with Gasteiger partial charge in [-0.2, -0.15) is 0 Å². The second kappa shape index (κ2) is 15.4. The number of hydrogen-bond donors (Lipinski definition) is 3. The Morgan fingerprint density at radius 2 is 1.53 bits per heavy atom. The fourth-order valence-electron chi connectivity index (χ4n) is 4.33. The van der Waals surface area contributed by atoms with Crippen molar-refractivity contribution < 1.29 is 102 Å². The first-order valence-corrected chi connectivity index (χ1v) is 11.1. The number of aliphatic carboxylic acids is 1. The molecule has 2 aliphatic rings. The summed E-state index contributed by atoms with van der Waals surface area (Å²) in [5, 5.41) is 30.5. The first-order chi connectivity index (χ1) is 16.9. The average Bonchev–Trinajstić information content (AvgIpc) is 2.85. The number of carbonyl (C=O) groups is 1. The summed E-state index contributed by atoms with van der Waals surface area (Å²) in [5.74, 6) is -1.43. The third kappa shape index (κ3) is 7.43. The van der Waals surface area contributed by atoms with Crippen molar-refractivity contribution in [2.45, 2.75) is 68.0 Å². The molecule has 1 radical (unpaired) electrons. The Kier molecular flexibility index (Phi) is 13.6. The van der Waals surface area contributed by atoms with E-state index in [0.717, 1.165) is 5.56 Å². The number of carboxylic acid groups (broad SMARTS) is 1. The predicted molar refractivity (Wildman–Crippen MR) is 117 cm³/mol. The molecule has 0 amide bonds. The van der Waals surface area contributed by atoms with Gasteiger partial charge in [0.2, 0.25) is 0 Å². The van der Waals surface area contributed by atoms with Gasteiger partial charge in [-0.3, -0.25) is 0 Å². The molecular formula is C23H34AcO12. The number of aliphatic hydroxyl groups is 2. The molecule has 1 aromatic rings. The molecule has 2 fully saturated rings. The van der Waals surface area contributed by atoms with Crippen LogP contribution < -0.4 is 0 Å². The minimum Gasteiger partial charge on any atom is -0.479 e. The molecular weight excluding hydrogens is 695 g/mol. The Bertz CT molecular complexity index is 786. The van der Waals surface area contributed by atoms with Gasteiger partial charge in [0.25, 0.3) is 0 Å². The fraction of sp³-hybridized carbons (Fsp3) is 0.696. The number of ether oxygens (including phenoxy) is 8. The number of carboxylic acids is 1. The maximum Gasteiger partial charge on any atom is 0.335 e. The van der Waals surface area contributed by atoms with Gasteiger partial charge < -0.3 is 53.2 Å². The van der Waals surface area contributed by atoms with Gasteiger partial charge in [-0.25, -0.2) is 4.79 Å². The van der Waals surface area contributed by atoms with Gasteiger partial charge in [-0.15, -0.1) is 0 Å². The molecule has 36 heavy (non-hydrogen) atoms. The number of rotatable bonds is 11. The molecule has 2 aliphatic heterocycles. The molecule has 2 heterocycles. The molecule has 1 aromatic carbocycles. The Labute approximate surface area is 245 Å². The summed E-state index contributed by atoms with van der Waals surface area (Å²) >= 11 is 0. The zero-order chi connectivity index (χ0) is 25.5. The van der Waals surface area contributed by atoms with E-state index in [9.17, 15) is 20.1 Å². The van der Waals surface area contributed by atoms with Gasteiger partial charge in [0, 0.05) is 72.5 Å². The van der Waals surface area contributed by atoms with Crippen molar-refractivity contribution in [2.75, 3.05) is 35.0 Å². The Balaban J connectivity index is 0.00000456. The van der Waals surface area contributed by atoms with Crippen LogP contribution >= 0.6 is 0 Å². The maximum atomic E-state index is 11.6. The topological polar surface area (TPSA) is 152 Å². The summed E-state index contributed by atoms with van der Waals surface area (Å²) in [4.78, 5) is 11.6. The zero-order valence-electron chi connectivity index (χ0n) is 20.7. The van der Waals surface area contributed by atoms with Crippen molar-refractivity contribution in [1.29, 1.82) is 0 Å². The number of aliphatic hydroxyl groups excluding tert-OH is 2. The summed E-state index contributed by atoms with van der Waals surface area (Å²) in [5.41, 5.74) is 0.918. The molecule has 2 saturated heterocycles. The number of hydrogen-bond acceptors (Lipinski definition) is 11. The molecule has 201 valence electrons. The van der Waals surface area contributed by atoms with Gasteiger partial charge in [-0.05, 0) is 5.56 Å². The minimum absolute atomic E-state index is 0. The summed E-state index contributed by atoms with van der Waals surface area (Å²) < 4.78 is 45.3. The van der Waals surface area contributed by atoms with Crippen molar-refractivity contribution in [3.8, 4) is 0 Å². The summed E-state index contributed by atoms with van der Waals surface area (Å²) in [7, 11) is 5.65. The molecule has 12 nitrogen and oxygen atoms in total. The molecule has 0 saturated carbocycles. The van der Waals surface area contributed by atoms with Gasteiger partial charge in [-0.1, -0.05) is 30.3 Å². The Morgan fingerprint density at radius 1 is 0.861 bits per heavy atom. The van der Waals surface area contributed by atoms with Crippen LogP contribution in [0.25, 0.3) is 0 Å². The number of methoxy groups -OCH3 is 4. The van der Waals surface area contributed by atoms with Crippen molar-refractivity contribution in [3.05, 3.63) is 35.9 Å². The van der Waals surface area contributed by atoms with Crippen LogP contribution in [0.4, 0.5) is 0 Å². The van der Waals surface area contributed by atoms with Crippen LogP contribution in [-0.2, 0) is 49.3 Å². The maximum absolute atomic E-state index is 11.6. The van der Waals surface area contributed by atoms with Crippen LogP contribution in [0.1, 0.15) is 5.56 Å². The van der Waals surface area contributed by atoms with Crippen molar-refractivity contribution in [2.24, 2.45) is 0 Å². The van der Waals surface area contributed by atoms with Gasteiger partial charge in [0.1, 0.15) is 42.7 Å². The van der Waals surface area contributed by atoms with Crippen LogP contribution in [0.2, 0.25) is 0 Å². The van der Waals surface area contributed by atoms with E-state index in [2.05, 4.69) is 0 Å². The zero-order valence-corrected chi connectivity index (χ0v) is 25.4. The van der Waals surface area contributed by atoms with E-state index < -0.39 is 67.4 Å². The van der Waals surface area contributed by atoms with E-state index in [0.29, 0.717) is 0 Å². The van der Waals surface area contributed by atoms with E-state index in [-0.39, 0.29) is 57.3 Å². The molecule has 10 atom stereocenters. The SMILES string of the molecule is COCC1O[C@H](OC)C(OCc2ccccc2)[C@@H](OC)[C@@H]1O[C@H]1O[C@@H](C(=O)O)[C@@H](O)C(OC)C1O.[Ac]. The van der Waals surface area contributed by atoms with Gasteiger partial charge >= 0.3 is 5.97 Å². The van der Waals surface area contributed by atoms with E-state index >= 15 is 0 Å². The molecule has 3 N–H and O–H groups in total. The van der Waals surface area contributed by atoms with Crippen LogP contribution in [0.5, 0.6) is 0 Å². The molecule has 0 aromatic heterocycles. The van der Waals surface area contributed by atoms with Gasteiger partial charge in [0.15, 0.2) is 18.7 Å². The third-order valence-corrected chi connectivity index (χ3v) is 6.06. The second-order valence-electron chi connectivity index (χ2n) is 8.24. The summed E-state index contributed by atoms with van der Waals surface area (Å²) in [6, 6.07) is 9.48. The molecule has 0 aliphatic carbocycles. The monoisotopic (exact) mass is 729 g/mol. The third-order valence-electron chi connectivity index (χ3n) is 6.06. The van der Waals surface area contributed by atoms with E-state index in [1.165, 1.54) is 28.4 Å². The largest absolute Gasteiger partial charge is 0.479 e. The van der Waals surface area contributed by atoms with Crippen molar-refractivity contribution in [3.63, 3.8) is 0 Å². The normalized spacial score (nSPS) is 36.7. The molecule has 0 bridgehead atoms. The summed E-state index contributed by atoms with van der Waals surface area (Å²) in [6.45, 7) is 0.301. The molecule has 0 spiro atoms. The first kappa shape index (κ1) is 31.9. The van der Waals surface area contributed by atoms with Crippen LogP contribution in [0.3, 0.4) is 0 Å². The molecule has 4 unspecified atom stereocenters. The number of benzene rings is 1. The van der Waals surface area contributed by atoms with E-state index in [4.69, 9.17) is 37.9 Å². The second-order valence-corrected chi connectivity index (χ2v) is 8.24. The fourth-order valence-corrected chi connectivity index (χ4v) is 4.33. The minimum atomic E-state index is -1.68.